The Labute approximate surface area is 133 Å². The first-order valence-corrected chi connectivity index (χ1v) is 7.12. The monoisotopic (exact) mass is 320 g/mol. The summed E-state index contributed by atoms with van der Waals surface area (Å²) in [5.74, 6) is -2.20. The van der Waals surface area contributed by atoms with Gasteiger partial charge in [-0.05, 0) is 36.9 Å². The Kier molecular flexibility index (Phi) is 5.78. The summed E-state index contributed by atoms with van der Waals surface area (Å²) < 4.78 is 26.0. The summed E-state index contributed by atoms with van der Waals surface area (Å²) in [6, 6.07) is 12.3. The van der Waals surface area contributed by atoms with Crippen molar-refractivity contribution in [1.82, 2.24) is 4.90 Å². The molecule has 0 aromatic heterocycles. The molecule has 0 radical (unpaired) electrons. The smallest absolute Gasteiger partial charge is 0.238 e. The minimum Gasteiger partial charge on any atom is -0.387 e. The molecule has 0 bridgehead atoms. The lowest BCUT2D eigenvalue weighted by atomic mass is 10.1. The number of carbonyl (C=O) groups excluding carboxylic acids is 1. The van der Waals surface area contributed by atoms with E-state index in [1.54, 1.807) is 24.1 Å². The zero-order valence-electron chi connectivity index (χ0n) is 12.7. The van der Waals surface area contributed by atoms with Crippen molar-refractivity contribution in [3.63, 3.8) is 0 Å². The van der Waals surface area contributed by atoms with Crippen LogP contribution in [-0.2, 0) is 4.79 Å². The van der Waals surface area contributed by atoms with Crippen LogP contribution in [0.25, 0.3) is 0 Å². The molecule has 2 aromatic rings. The Balaban J connectivity index is 1.87. The van der Waals surface area contributed by atoms with E-state index in [0.29, 0.717) is 5.69 Å². The first-order chi connectivity index (χ1) is 11.0. The molecule has 0 heterocycles. The van der Waals surface area contributed by atoms with Gasteiger partial charge < -0.3 is 10.4 Å². The number of rotatable bonds is 6. The first kappa shape index (κ1) is 17.1. The van der Waals surface area contributed by atoms with Gasteiger partial charge in [-0.25, -0.2) is 8.78 Å². The van der Waals surface area contributed by atoms with Crippen LogP contribution in [0.1, 0.15) is 11.7 Å². The second-order valence-electron chi connectivity index (χ2n) is 5.30. The molecule has 0 spiro atoms. The fraction of sp³-hybridized carbons (Fsp3) is 0.235. The topological polar surface area (TPSA) is 52.6 Å². The normalized spacial score (nSPS) is 12.2. The molecule has 0 saturated carbocycles. The molecule has 0 aliphatic heterocycles. The number of benzene rings is 2. The van der Waals surface area contributed by atoms with E-state index in [-0.39, 0.29) is 24.6 Å². The maximum absolute atomic E-state index is 13.2. The lowest BCUT2D eigenvalue weighted by Gasteiger charge is -2.20. The van der Waals surface area contributed by atoms with Crippen LogP contribution in [0.2, 0.25) is 0 Å². The van der Waals surface area contributed by atoms with Crippen LogP contribution in [0, 0.1) is 11.6 Å². The van der Waals surface area contributed by atoms with Crippen molar-refractivity contribution in [1.29, 1.82) is 0 Å². The third-order valence-corrected chi connectivity index (χ3v) is 3.28. The highest BCUT2D eigenvalue weighted by molar-refractivity contribution is 5.92. The molecule has 4 nitrogen and oxygen atoms in total. The number of hydrogen-bond donors (Lipinski definition) is 2. The van der Waals surface area contributed by atoms with E-state index >= 15 is 0 Å². The van der Waals surface area contributed by atoms with Crippen LogP contribution >= 0.6 is 0 Å². The van der Waals surface area contributed by atoms with E-state index < -0.39 is 17.7 Å². The summed E-state index contributed by atoms with van der Waals surface area (Å²) in [7, 11) is 1.66. The van der Waals surface area contributed by atoms with Crippen molar-refractivity contribution in [2.75, 3.05) is 25.5 Å². The molecule has 1 amide bonds. The molecule has 0 aliphatic rings. The third-order valence-electron chi connectivity index (χ3n) is 3.28. The van der Waals surface area contributed by atoms with E-state index in [9.17, 15) is 18.7 Å². The van der Waals surface area contributed by atoms with Crippen LogP contribution in [0.15, 0.2) is 48.5 Å². The lowest BCUT2D eigenvalue weighted by Crippen LogP contribution is -2.33. The van der Waals surface area contributed by atoms with Gasteiger partial charge in [0.25, 0.3) is 0 Å². The Morgan fingerprint density at radius 1 is 1.17 bits per heavy atom. The van der Waals surface area contributed by atoms with Gasteiger partial charge in [-0.2, -0.15) is 0 Å². The van der Waals surface area contributed by atoms with Gasteiger partial charge in [-0.1, -0.05) is 24.3 Å². The second kappa shape index (κ2) is 7.80. The molecule has 0 fully saturated rings. The highest BCUT2D eigenvalue weighted by atomic mass is 19.2. The number of para-hydroxylation sites is 1. The van der Waals surface area contributed by atoms with E-state index in [4.69, 9.17) is 0 Å². The predicted molar refractivity (Wildman–Crippen MR) is 83.9 cm³/mol. The summed E-state index contributed by atoms with van der Waals surface area (Å²) in [5, 5.41) is 12.8. The molecule has 2 N–H and O–H groups in total. The van der Waals surface area contributed by atoms with Crippen LogP contribution in [-0.4, -0.2) is 36.1 Å². The van der Waals surface area contributed by atoms with Crippen LogP contribution < -0.4 is 5.32 Å². The molecule has 122 valence electrons. The average molecular weight is 320 g/mol. The van der Waals surface area contributed by atoms with Gasteiger partial charge in [0.15, 0.2) is 11.6 Å². The zero-order valence-corrected chi connectivity index (χ0v) is 12.7. The van der Waals surface area contributed by atoms with Crippen molar-refractivity contribution in [3.8, 4) is 0 Å². The minimum atomic E-state index is -1.01. The molecule has 0 aliphatic carbocycles. The third kappa shape index (κ3) is 5.12. The zero-order chi connectivity index (χ0) is 16.8. The van der Waals surface area contributed by atoms with E-state index in [1.807, 2.05) is 18.2 Å². The quantitative estimate of drug-likeness (QED) is 0.860. The van der Waals surface area contributed by atoms with Gasteiger partial charge in [-0.3, -0.25) is 9.69 Å². The largest absolute Gasteiger partial charge is 0.387 e. The van der Waals surface area contributed by atoms with Crippen LogP contribution in [0.3, 0.4) is 0 Å². The molecule has 0 saturated heterocycles. The number of aliphatic hydroxyl groups is 1. The van der Waals surface area contributed by atoms with Crippen LogP contribution in [0.5, 0.6) is 0 Å². The number of hydrogen-bond acceptors (Lipinski definition) is 3. The molecular weight excluding hydrogens is 302 g/mol. The second-order valence-corrected chi connectivity index (χ2v) is 5.30. The summed E-state index contributed by atoms with van der Waals surface area (Å²) in [5.41, 5.74) is 0.950. The SMILES string of the molecule is CN(CC(=O)Nc1ccccc1)CC(O)c1ccc(F)c(F)c1. The van der Waals surface area contributed by atoms with E-state index in [2.05, 4.69) is 5.32 Å². The van der Waals surface area contributed by atoms with Crippen LogP contribution in [0.4, 0.5) is 14.5 Å². The Hall–Kier alpha value is -2.31. The fourth-order valence-electron chi connectivity index (χ4n) is 2.15. The first-order valence-electron chi connectivity index (χ1n) is 7.12. The Morgan fingerprint density at radius 3 is 2.52 bits per heavy atom. The molecule has 23 heavy (non-hydrogen) atoms. The highest BCUT2D eigenvalue weighted by Gasteiger charge is 2.15. The maximum atomic E-state index is 13.2. The predicted octanol–water partition coefficient (Wildman–Crippen LogP) is 2.57. The highest BCUT2D eigenvalue weighted by Crippen LogP contribution is 2.17. The summed E-state index contributed by atoms with van der Waals surface area (Å²) >= 11 is 0. The molecular formula is C17H18F2N2O2. The van der Waals surface area contributed by atoms with Gasteiger partial charge in [0.2, 0.25) is 5.91 Å². The maximum Gasteiger partial charge on any atom is 0.238 e. The molecule has 6 heteroatoms. The molecule has 2 rings (SSSR count). The van der Waals surface area contributed by atoms with Crippen molar-refractivity contribution < 1.29 is 18.7 Å². The van der Waals surface area contributed by atoms with E-state index in [1.165, 1.54) is 6.07 Å². The average Bonchev–Trinajstić information content (AvgIpc) is 2.50. The molecule has 2 aromatic carbocycles. The van der Waals surface area contributed by atoms with Crippen molar-refractivity contribution in [2.24, 2.45) is 0 Å². The van der Waals surface area contributed by atoms with Crippen molar-refractivity contribution in [2.45, 2.75) is 6.10 Å². The number of halogens is 2. The number of nitrogens with one attached hydrogen (secondary N) is 1. The lowest BCUT2D eigenvalue weighted by molar-refractivity contribution is -0.117. The number of carbonyl (C=O) groups is 1. The van der Waals surface area contributed by atoms with Gasteiger partial charge in [0.1, 0.15) is 0 Å². The molecule has 1 unspecified atom stereocenters. The summed E-state index contributed by atoms with van der Waals surface area (Å²) in [6.07, 6.45) is -1.01. The van der Waals surface area contributed by atoms with E-state index in [0.717, 1.165) is 12.1 Å². The number of amides is 1. The molecule has 1 atom stereocenters. The Bertz CT molecular complexity index is 665. The minimum absolute atomic E-state index is 0.0651. The fourth-order valence-corrected chi connectivity index (χ4v) is 2.15. The van der Waals surface area contributed by atoms with Crippen molar-refractivity contribution >= 4 is 11.6 Å². The number of nitrogens with zero attached hydrogens (tertiary/aromatic N) is 1. The van der Waals surface area contributed by atoms with Crippen molar-refractivity contribution in [3.05, 3.63) is 65.7 Å². The van der Waals surface area contributed by atoms with Gasteiger partial charge >= 0.3 is 0 Å². The number of aliphatic hydroxyl groups excluding tert-OH is 1. The summed E-state index contributed by atoms with van der Waals surface area (Å²) in [6.45, 7) is 0.183. The number of likely N-dealkylation sites (N-methyl/N-ethyl adjacent to an activating group) is 1. The standard InChI is InChI=1S/C17H18F2N2O2/c1-21(11-17(23)20-13-5-3-2-4-6-13)10-16(22)12-7-8-14(18)15(19)9-12/h2-9,16,22H,10-11H2,1H3,(H,20,23). The van der Waals surface area contributed by atoms with Gasteiger partial charge in [0.05, 0.1) is 12.6 Å². The number of anilines is 1. The van der Waals surface area contributed by atoms with Gasteiger partial charge in [-0.15, -0.1) is 0 Å². The van der Waals surface area contributed by atoms with Gasteiger partial charge in [0, 0.05) is 12.2 Å². The summed E-state index contributed by atoms with van der Waals surface area (Å²) in [4.78, 5) is 13.5. The Morgan fingerprint density at radius 2 is 1.87 bits per heavy atom.